The van der Waals surface area contributed by atoms with Gasteiger partial charge in [-0.1, -0.05) is 42.0 Å². The molecule has 5 nitrogen and oxygen atoms in total. The summed E-state index contributed by atoms with van der Waals surface area (Å²) >= 11 is 0. The summed E-state index contributed by atoms with van der Waals surface area (Å²) in [6, 6.07) is 19.3. The number of H-pyrrole nitrogens is 1. The van der Waals surface area contributed by atoms with Gasteiger partial charge in [0.1, 0.15) is 0 Å². The first-order valence-electron chi connectivity index (χ1n) is 8.43. The number of carbonyl (C=O) groups is 1. The molecule has 0 spiro atoms. The number of aryl methyl sites for hydroxylation is 1. The van der Waals surface area contributed by atoms with Gasteiger partial charge in [-0.2, -0.15) is 5.10 Å². The number of nitrogens with zero attached hydrogens (tertiary/aromatic N) is 2. The number of benzene rings is 2. The monoisotopic (exact) mass is 342 g/mol. The number of carbonyl (C=O) groups excluding carboxylic acids is 1. The molecule has 2 N–H and O–H groups in total. The van der Waals surface area contributed by atoms with Gasteiger partial charge in [0.05, 0.1) is 11.6 Å². The molecular formula is C21H18N4O. The van der Waals surface area contributed by atoms with Crippen molar-refractivity contribution in [3.05, 3.63) is 95.4 Å². The molecular weight excluding hydrogens is 324 g/mol. The molecule has 2 aromatic heterocycles. The Bertz CT molecular complexity index is 1000. The van der Waals surface area contributed by atoms with Gasteiger partial charge < -0.3 is 5.32 Å². The molecule has 0 bridgehead atoms. The van der Waals surface area contributed by atoms with Crippen LogP contribution in [-0.2, 0) is 0 Å². The molecule has 2 aromatic carbocycles. The van der Waals surface area contributed by atoms with E-state index in [-0.39, 0.29) is 11.9 Å². The van der Waals surface area contributed by atoms with Crippen molar-refractivity contribution >= 4 is 16.8 Å². The van der Waals surface area contributed by atoms with Gasteiger partial charge in [-0.05, 0) is 42.3 Å². The van der Waals surface area contributed by atoms with Crippen LogP contribution in [0.2, 0.25) is 0 Å². The van der Waals surface area contributed by atoms with Crippen molar-refractivity contribution < 1.29 is 4.79 Å². The van der Waals surface area contributed by atoms with E-state index in [4.69, 9.17) is 0 Å². The fourth-order valence-corrected chi connectivity index (χ4v) is 3.06. The first-order chi connectivity index (χ1) is 12.7. The smallest absolute Gasteiger partial charge is 0.273 e. The number of aromatic nitrogens is 3. The molecule has 1 atom stereocenters. The van der Waals surface area contributed by atoms with Crippen molar-refractivity contribution in [2.45, 2.75) is 13.0 Å². The van der Waals surface area contributed by atoms with Gasteiger partial charge in [0, 0.05) is 17.8 Å². The van der Waals surface area contributed by atoms with E-state index in [1.807, 2.05) is 67.6 Å². The molecule has 26 heavy (non-hydrogen) atoms. The molecule has 0 radical (unpaired) electrons. The molecule has 5 heteroatoms. The lowest BCUT2D eigenvalue weighted by Crippen LogP contribution is -2.29. The lowest BCUT2D eigenvalue weighted by molar-refractivity contribution is 0.0939. The third-order valence-electron chi connectivity index (χ3n) is 4.38. The standard InChI is InChI=1S/C21H18N4O/c1-14-7-8-18-17(13-14)20(25-24-18)21(26)23-19(15-5-3-2-4-6-15)16-9-11-22-12-10-16/h2-13,19H,1H3,(H,23,26)(H,24,25). The van der Waals surface area contributed by atoms with Crippen LogP contribution in [0.15, 0.2) is 73.1 Å². The largest absolute Gasteiger partial charge is 0.340 e. The van der Waals surface area contributed by atoms with E-state index in [0.717, 1.165) is 27.6 Å². The minimum atomic E-state index is -0.275. The van der Waals surface area contributed by atoms with Crippen LogP contribution < -0.4 is 5.32 Å². The average Bonchev–Trinajstić information content (AvgIpc) is 3.10. The van der Waals surface area contributed by atoms with Crippen molar-refractivity contribution in [1.82, 2.24) is 20.5 Å². The number of rotatable bonds is 4. The van der Waals surface area contributed by atoms with E-state index in [2.05, 4.69) is 20.5 Å². The highest BCUT2D eigenvalue weighted by atomic mass is 16.2. The Morgan fingerprint density at radius 1 is 1.00 bits per heavy atom. The van der Waals surface area contributed by atoms with Gasteiger partial charge in [-0.3, -0.25) is 14.9 Å². The molecule has 0 aliphatic carbocycles. The highest BCUT2D eigenvalue weighted by molar-refractivity contribution is 6.05. The zero-order chi connectivity index (χ0) is 17.9. The molecule has 0 aliphatic heterocycles. The summed E-state index contributed by atoms with van der Waals surface area (Å²) in [7, 11) is 0. The second-order valence-corrected chi connectivity index (χ2v) is 6.22. The molecule has 4 rings (SSSR count). The van der Waals surface area contributed by atoms with Crippen LogP contribution in [0.4, 0.5) is 0 Å². The van der Waals surface area contributed by atoms with Gasteiger partial charge in [0.2, 0.25) is 0 Å². The first kappa shape index (κ1) is 16.0. The fraction of sp³-hybridized carbons (Fsp3) is 0.0952. The van der Waals surface area contributed by atoms with Gasteiger partial charge in [0.25, 0.3) is 5.91 Å². The fourth-order valence-electron chi connectivity index (χ4n) is 3.06. The summed E-state index contributed by atoms with van der Waals surface area (Å²) < 4.78 is 0. The van der Waals surface area contributed by atoms with E-state index in [9.17, 15) is 4.79 Å². The lowest BCUT2D eigenvalue weighted by atomic mass is 9.99. The normalized spacial score (nSPS) is 12.0. The molecule has 0 aliphatic rings. The zero-order valence-corrected chi connectivity index (χ0v) is 14.3. The molecule has 2 heterocycles. The van der Waals surface area contributed by atoms with Crippen LogP contribution in [0.25, 0.3) is 10.9 Å². The third kappa shape index (κ3) is 3.07. The SMILES string of the molecule is Cc1ccc2[nH]nc(C(=O)NC(c3ccccc3)c3ccncc3)c2c1. The number of hydrogen-bond acceptors (Lipinski definition) is 3. The van der Waals surface area contributed by atoms with Crippen LogP contribution in [-0.4, -0.2) is 21.1 Å². The second kappa shape index (κ2) is 6.80. The minimum Gasteiger partial charge on any atom is -0.340 e. The summed E-state index contributed by atoms with van der Waals surface area (Å²) in [5, 5.41) is 11.1. The quantitative estimate of drug-likeness (QED) is 0.593. The number of hydrogen-bond donors (Lipinski definition) is 2. The van der Waals surface area contributed by atoms with E-state index in [1.54, 1.807) is 12.4 Å². The van der Waals surface area contributed by atoms with Gasteiger partial charge in [-0.25, -0.2) is 0 Å². The highest BCUT2D eigenvalue weighted by Gasteiger charge is 2.21. The highest BCUT2D eigenvalue weighted by Crippen LogP contribution is 2.23. The zero-order valence-electron chi connectivity index (χ0n) is 14.3. The Morgan fingerprint density at radius 3 is 2.50 bits per heavy atom. The van der Waals surface area contributed by atoms with Crippen LogP contribution in [0.3, 0.4) is 0 Å². The molecule has 1 unspecified atom stereocenters. The predicted molar refractivity (Wildman–Crippen MR) is 101 cm³/mol. The summed E-state index contributed by atoms with van der Waals surface area (Å²) in [6.45, 7) is 2.00. The van der Waals surface area contributed by atoms with Crippen molar-refractivity contribution in [3.8, 4) is 0 Å². The Balaban J connectivity index is 1.71. The van der Waals surface area contributed by atoms with Gasteiger partial charge >= 0.3 is 0 Å². The predicted octanol–water partition coefficient (Wildman–Crippen LogP) is 3.79. The minimum absolute atomic E-state index is 0.215. The summed E-state index contributed by atoms with van der Waals surface area (Å²) in [5.74, 6) is -0.215. The molecule has 4 aromatic rings. The Morgan fingerprint density at radius 2 is 1.73 bits per heavy atom. The van der Waals surface area contributed by atoms with Crippen LogP contribution in [0.5, 0.6) is 0 Å². The van der Waals surface area contributed by atoms with Gasteiger partial charge in [-0.15, -0.1) is 0 Å². The lowest BCUT2D eigenvalue weighted by Gasteiger charge is -2.19. The molecule has 0 saturated carbocycles. The maximum absolute atomic E-state index is 13.0. The third-order valence-corrected chi connectivity index (χ3v) is 4.38. The molecule has 1 amide bonds. The number of aromatic amines is 1. The molecule has 128 valence electrons. The first-order valence-corrected chi connectivity index (χ1v) is 8.43. The maximum atomic E-state index is 13.0. The van der Waals surface area contributed by atoms with E-state index in [1.165, 1.54) is 0 Å². The number of amides is 1. The summed E-state index contributed by atoms with van der Waals surface area (Å²) in [5.41, 5.74) is 4.31. The number of nitrogens with one attached hydrogen (secondary N) is 2. The Hall–Kier alpha value is -3.47. The maximum Gasteiger partial charge on any atom is 0.273 e. The van der Waals surface area contributed by atoms with Crippen molar-refractivity contribution in [1.29, 1.82) is 0 Å². The number of fused-ring (bicyclic) bond motifs is 1. The molecule has 0 saturated heterocycles. The van der Waals surface area contributed by atoms with Crippen molar-refractivity contribution in [3.63, 3.8) is 0 Å². The van der Waals surface area contributed by atoms with E-state index >= 15 is 0 Å². The van der Waals surface area contributed by atoms with Crippen LogP contribution in [0.1, 0.15) is 33.2 Å². The summed E-state index contributed by atoms with van der Waals surface area (Å²) in [6.07, 6.45) is 3.45. The second-order valence-electron chi connectivity index (χ2n) is 6.22. The van der Waals surface area contributed by atoms with Crippen molar-refractivity contribution in [2.24, 2.45) is 0 Å². The van der Waals surface area contributed by atoms with Crippen LogP contribution >= 0.6 is 0 Å². The summed E-state index contributed by atoms with van der Waals surface area (Å²) in [4.78, 5) is 17.0. The van der Waals surface area contributed by atoms with Crippen LogP contribution in [0, 0.1) is 6.92 Å². The average molecular weight is 342 g/mol. The Labute approximate surface area is 151 Å². The van der Waals surface area contributed by atoms with E-state index < -0.39 is 0 Å². The Kier molecular flexibility index (Phi) is 4.19. The number of pyridine rings is 1. The molecule has 0 fully saturated rings. The van der Waals surface area contributed by atoms with E-state index in [0.29, 0.717) is 5.69 Å². The topological polar surface area (TPSA) is 70.7 Å². The van der Waals surface area contributed by atoms with Gasteiger partial charge in [0.15, 0.2) is 5.69 Å². The van der Waals surface area contributed by atoms with Crippen molar-refractivity contribution in [2.75, 3.05) is 0 Å².